The van der Waals surface area contributed by atoms with Crippen LogP contribution in [0.15, 0.2) is 24.3 Å². The topological polar surface area (TPSA) is 38.3 Å². The fourth-order valence-corrected chi connectivity index (χ4v) is 1.88. The van der Waals surface area contributed by atoms with Gasteiger partial charge in [-0.05, 0) is 43.4 Å². The summed E-state index contributed by atoms with van der Waals surface area (Å²) in [6.45, 7) is 7.03. The molecule has 3 nitrogen and oxygen atoms in total. The van der Waals surface area contributed by atoms with Gasteiger partial charge in [0, 0.05) is 18.7 Å². The van der Waals surface area contributed by atoms with Gasteiger partial charge in [-0.15, -0.1) is 0 Å². The fourth-order valence-electron chi connectivity index (χ4n) is 1.88. The number of ether oxygens (including phenoxy) is 1. The van der Waals surface area contributed by atoms with Crippen LogP contribution in [-0.2, 0) is 11.3 Å². The van der Waals surface area contributed by atoms with Crippen LogP contribution in [0.4, 0.5) is 0 Å². The van der Waals surface area contributed by atoms with E-state index < -0.39 is 0 Å². The van der Waals surface area contributed by atoms with E-state index in [9.17, 15) is 4.79 Å². The maximum Gasteiger partial charge on any atom is 0.251 e. The highest BCUT2D eigenvalue weighted by atomic mass is 16.5. The predicted octanol–water partition coefficient (Wildman–Crippen LogP) is 3.39. The molecule has 106 valence electrons. The van der Waals surface area contributed by atoms with Crippen molar-refractivity contribution in [1.82, 2.24) is 5.32 Å². The van der Waals surface area contributed by atoms with Crippen molar-refractivity contribution in [3.63, 3.8) is 0 Å². The van der Waals surface area contributed by atoms with Crippen molar-refractivity contribution >= 4 is 5.91 Å². The van der Waals surface area contributed by atoms with E-state index in [2.05, 4.69) is 26.1 Å². The van der Waals surface area contributed by atoms with Gasteiger partial charge in [-0.1, -0.05) is 26.0 Å². The second-order valence-electron chi connectivity index (χ2n) is 5.48. The van der Waals surface area contributed by atoms with Crippen LogP contribution in [0.2, 0.25) is 0 Å². The molecule has 1 aromatic carbocycles. The first kappa shape index (κ1) is 15.7. The molecule has 0 heterocycles. The number of hydrogen-bond donors (Lipinski definition) is 1. The first-order chi connectivity index (χ1) is 9.02. The molecule has 0 aromatic heterocycles. The Hall–Kier alpha value is -1.35. The molecular formula is C16H25NO2. The fraction of sp³-hybridized carbons (Fsp3) is 0.562. The molecule has 19 heavy (non-hydrogen) atoms. The average Bonchev–Trinajstić information content (AvgIpc) is 2.37. The van der Waals surface area contributed by atoms with Crippen molar-refractivity contribution < 1.29 is 9.53 Å². The van der Waals surface area contributed by atoms with Crippen LogP contribution in [0.1, 0.15) is 49.5 Å². The Labute approximate surface area is 116 Å². The Morgan fingerprint density at radius 3 is 2.32 bits per heavy atom. The average molecular weight is 263 g/mol. The molecule has 0 fully saturated rings. The van der Waals surface area contributed by atoms with Crippen LogP contribution in [-0.4, -0.2) is 19.1 Å². The van der Waals surface area contributed by atoms with Crippen molar-refractivity contribution in [2.24, 2.45) is 5.92 Å². The molecule has 3 heteroatoms. The highest BCUT2D eigenvalue weighted by Gasteiger charge is 2.10. The minimum absolute atomic E-state index is 0.000206. The zero-order valence-corrected chi connectivity index (χ0v) is 12.4. The SMILES string of the molecule is COCc1ccc(C(=O)NC(C)CCC(C)C)cc1. The second kappa shape index (κ2) is 7.95. The van der Waals surface area contributed by atoms with Crippen LogP contribution < -0.4 is 5.32 Å². The summed E-state index contributed by atoms with van der Waals surface area (Å²) in [7, 11) is 1.66. The highest BCUT2D eigenvalue weighted by Crippen LogP contribution is 2.09. The van der Waals surface area contributed by atoms with Crippen LogP contribution in [0.5, 0.6) is 0 Å². The lowest BCUT2D eigenvalue weighted by Gasteiger charge is -2.15. The lowest BCUT2D eigenvalue weighted by molar-refractivity contribution is 0.0937. The zero-order valence-electron chi connectivity index (χ0n) is 12.4. The van der Waals surface area contributed by atoms with Crippen molar-refractivity contribution in [3.8, 4) is 0 Å². The first-order valence-corrected chi connectivity index (χ1v) is 6.91. The van der Waals surface area contributed by atoms with E-state index in [1.54, 1.807) is 7.11 Å². The number of methoxy groups -OCH3 is 1. The maximum absolute atomic E-state index is 12.0. The Balaban J connectivity index is 2.48. The molecule has 0 spiro atoms. The summed E-state index contributed by atoms with van der Waals surface area (Å²) in [4.78, 5) is 12.0. The molecule has 1 rings (SSSR count). The molecule has 1 aromatic rings. The largest absolute Gasteiger partial charge is 0.380 e. The van der Waals surface area contributed by atoms with E-state index in [4.69, 9.17) is 4.74 Å². The van der Waals surface area contributed by atoms with Crippen LogP contribution >= 0.6 is 0 Å². The van der Waals surface area contributed by atoms with Crippen LogP contribution in [0.3, 0.4) is 0 Å². The molecular weight excluding hydrogens is 238 g/mol. The third-order valence-corrected chi connectivity index (χ3v) is 3.08. The summed E-state index contributed by atoms with van der Waals surface area (Å²) >= 11 is 0. The number of carbonyl (C=O) groups is 1. The summed E-state index contributed by atoms with van der Waals surface area (Å²) in [6, 6.07) is 7.76. The number of benzene rings is 1. The molecule has 1 amide bonds. The molecule has 1 N–H and O–H groups in total. The third kappa shape index (κ3) is 5.88. The predicted molar refractivity (Wildman–Crippen MR) is 78.2 cm³/mol. The molecule has 0 aliphatic heterocycles. The van der Waals surface area contributed by atoms with E-state index in [-0.39, 0.29) is 11.9 Å². The van der Waals surface area contributed by atoms with Crippen LogP contribution in [0, 0.1) is 5.92 Å². The van der Waals surface area contributed by atoms with Gasteiger partial charge < -0.3 is 10.1 Å². The lowest BCUT2D eigenvalue weighted by atomic mass is 10.0. The van der Waals surface area contributed by atoms with Gasteiger partial charge in [-0.25, -0.2) is 0 Å². The van der Waals surface area contributed by atoms with Crippen LogP contribution in [0.25, 0.3) is 0 Å². The van der Waals surface area contributed by atoms with E-state index in [0.29, 0.717) is 18.1 Å². The molecule has 0 bridgehead atoms. The number of amides is 1. The molecule has 0 radical (unpaired) electrons. The number of nitrogens with one attached hydrogen (secondary N) is 1. The normalized spacial score (nSPS) is 12.5. The smallest absolute Gasteiger partial charge is 0.251 e. The van der Waals surface area contributed by atoms with Crippen molar-refractivity contribution in [2.45, 2.75) is 46.3 Å². The molecule has 0 aliphatic carbocycles. The Morgan fingerprint density at radius 2 is 1.79 bits per heavy atom. The summed E-state index contributed by atoms with van der Waals surface area (Å²) < 4.78 is 5.05. The van der Waals surface area contributed by atoms with Gasteiger partial charge in [0.15, 0.2) is 0 Å². The summed E-state index contributed by atoms with van der Waals surface area (Å²) in [6.07, 6.45) is 2.15. The Bertz CT molecular complexity index is 384. The summed E-state index contributed by atoms with van der Waals surface area (Å²) in [5.41, 5.74) is 1.78. The summed E-state index contributed by atoms with van der Waals surface area (Å²) in [5, 5.41) is 3.03. The lowest BCUT2D eigenvalue weighted by Crippen LogP contribution is -2.32. The number of hydrogen-bond acceptors (Lipinski definition) is 2. The Kier molecular flexibility index (Phi) is 6.57. The van der Waals surface area contributed by atoms with E-state index in [0.717, 1.165) is 18.4 Å². The van der Waals surface area contributed by atoms with Gasteiger partial charge in [0.1, 0.15) is 0 Å². The third-order valence-electron chi connectivity index (χ3n) is 3.08. The number of rotatable bonds is 7. The molecule has 0 aliphatic rings. The molecule has 1 unspecified atom stereocenters. The van der Waals surface area contributed by atoms with Crippen molar-refractivity contribution in [2.75, 3.05) is 7.11 Å². The molecule has 0 saturated heterocycles. The van der Waals surface area contributed by atoms with Gasteiger partial charge in [-0.3, -0.25) is 4.79 Å². The van der Waals surface area contributed by atoms with E-state index in [1.165, 1.54) is 0 Å². The standard InChI is InChI=1S/C16H25NO2/c1-12(2)5-6-13(3)17-16(18)15-9-7-14(8-10-15)11-19-4/h7-10,12-13H,5-6,11H2,1-4H3,(H,17,18). The van der Waals surface area contributed by atoms with Gasteiger partial charge in [-0.2, -0.15) is 0 Å². The van der Waals surface area contributed by atoms with Crippen molar-refractivity contribution in [3.05, 3.63) is 35.4 Å². The van der Waals surface area contributed by atoms with Gasteiger partial charge in [0.2, 0.25) is 0 Å². The van der Waals surface area contributed by atoms with Gasteiger partial charge >= 0.3 is 0 Å². The van der Waals surface area contributed by atoms with Crippen molar-refractivity contribution in [1.29, 1.82) is 0 Å². The van der Waals surface area contributed by atoms with Gasteiger partial charge in [0.05, 0.1) is 6.61 Å². The highest BCUT2D eigenvalue weighted by molar-refractivity contribution is 5.94. The summed E-state index contributed by atoms with van der Waals surface area (Å²) in [5.74, 6) is 0.674. The maximum atomic E-state index is 12.0. The minimum atomic E-state index is 0.000206. The second-order valence-corrected chi connectivity index (χ2v) is 5.48. The quantitative estimate of drug-likeness (QED) is 0.819. The monoisotopic (exact) mass is 263 g/mol. The van der Waals surface area contributed by atoms with E-state index >= 15 is 0 Å². The minimum Gasteiger partial charge on any atom is -0.380 e. The van der Waals surface area contributed by atoms with E-state index in [1.807, 2.05) is 24.3 Å². The Morgan fingerprint density at radius 1 is 1.16 bits per heavy atom. The van der Waals surface area contributed by atoms with Gasteiger partial charge in [0.25, 0.3) is 5.91 Å². The molecule has 1 atom stereocenters. The zero-order chi connectivity index (χ0) is 14.3. The number of carbonyl (C=O) groups excluding carboxylic acids is 1. The molecule has 0 saturated carbocycles. The first-order valence-electron chi connectivity index (χ1n) is 6.91.